The van der Waals surface area contributed by atoms with Crippen LogP contribution in [0.15, 0.2) is 24.3 Å². The van der Waals surface area contributed by atoms with E-state index in [0.717, 1.165) is 19.0 Å². The molecule has 0 unspecified atom stereocenters. The van der Waals surface area contributed by atoms with Gasteiger partial charge in [-0.05, 0) is 49.3 Å². The Labute approximate surface area is 141 Å². The molecule has 3 nitrogen and oxygen atoms in total. The number of rotatable bonds is 4. The fourth-order valence-electron chi connectivity index (χ4n) is 4.87. The van der Waals surface area contributed by atoms with Crippen LogP contribution in [0.5, 0.6) is 0 Å². The van der Waals surface area contributed by atoms with Crippen molar-refractivity contribution in [1.82, 2.24) is 10.2 Å². The highest BCUT2D eigenvalue weighted by molar-refractivity contribution is 5.48. The molecule has 1 aliphatic carbocycles. The molecule has 3 heteroatoms. The summed E-state index contributed by atoms with van der Waals surface area (Å²) in [4.78, 5) is 5.29. The molecule has 0 amide bonds. The van der Waals surface area contributed by atoms with Gasteiger partial charge in [0.15, 0.2) is 0 Å². The van der Waals surface area contributed by atoms with Gasteiger partial charge in [-0.15, -0.1) is 0 Å². The summed E-state index contributed by atoms with van der Waals surface area (Å²) in [6.07, 6.45) is 8.41. The third-order valence-corrected chi connectivity index (χ3v) is 6.10. The molecule has 1 aromatic rings. The smallest absolute Gasteiger partial charge is 0.0377 e. The van der Waals surface area contributed by atoms with Crippen molar-refractivity contribution in [1.29, 1.82) is 0 Å². The minimum Gasteiger partial charge on any atom is -0.372 e. The minimum atomic E-state index is 0.646. The van der Waals surface area contributed by atoms with Crippen molar-refractivity contribution in [3.05, 3.63) is 29.8 Å². The lowest BCUT2D eigenvalue weighted by molar-refractivity contribution is 0.125. The van der Waals surface area contributed by atoms with Crippen LogP contribution in [-0.2, 0) is 0 Å². The first kappa shape index (κ1) is 15.5. The molecule has 2 saturated heterocycles. The molecule has 23 heavy (non-hydrogen) atoms. The van der Waals surface area contributed by atoms with Crippen LogP contribution in [0.25, 0.3) is 0 Å². The predicted octanol–water partition coefficient (Wildman–Crippen LogP) is 3.42. The number of piperazine rings is 1. The predicted molar refractivity (Wildman–Crippen MR) is 97.0 cm³/mol. The largest absolute Gasteiger partial charge is 0.372 e. The zero-order valence-electron chi connectivity index (χ0n) is 14.3. The van der Waals surface area contributed by atoms with Crippen LogP contribution >= 0.6 is 0 Å². The number of hydrogen-bond donors (Lipinski definition) is 1. The molecule has 0 bridgehead atoms. The third kappa shape index (κ3) is 3.41. The Morgan fingerprint density at radius 1 is 0.826 bits per heavy atom. The van der Waals surface area contributed by atoms with Crippen LogP contribution in [0.4, 0.5) is 5.69 Å². The topological polar surface area (TPSA) is 18.5 Å². The van der Waals surface area contributed by atoms with Crippen LogP contribution in [0.1, 0.15) is 50.1 Å². The van der Waals surface area contributed by atoms with Crippen LogP contribution in [0.3, 0.4) is 0 Å². The minimum absolute atomic E-state index is 0.646. The maximum atomic E-state index is 3.51. The maximum Gasteiger partial charge on any atom is 0.0377 e. The first-order chi connectivity index (χ1) is 11.4. The summed E-state index contributed by atoms with van der Waals surface area (Å²) in [6, 6.07) is 10.3. The Hall–Kier alpha value is -1.06. The Morgan fingerprint density at radius 3 is 2.13 bits per heavy atom. The summed E-state index contributed by atoms with van der Waals surface area (Å²) < 4.78 is 0. The van der Waals surface area contributed by atoms with E-state index in [1.165, 1.54) is 70.4 Å². The van der Waals surface area contributed by atoms with E-state index < -0.39 is 0 Å². The molecule has 0 aromatic heterocycles. The van der Waals surface area contributed by atoms with Crippen LogP contribution < -0.4 is 10.2 Å². The molecule has 2 aliphatic heterocycles. The standard InChI is InChI=1S/C20H31N3/c1-2-6-17(5-1)20(23-15-11-21-12-16-23)18-7-9-19(10-8-18)22-13-3-4-14-22/h7-10,17,20-21H,1-6,11-16H2/t20-/m0/s1. The number of nitrogens with one attached hydrogen (secondary N) is 1. The van der Waals surface area contributed by atoms with E-state index in [4.69, 9.17) is 0 Å². The van der Waals surface area contributed by atoms with E-state index in [-0.39, 0.29) is 0 Å². The van der Waals surface area contributed by atoms with E-state index in [1.54, 1.807) is 5.56 Å². The van der Waals surface area contributed by atoms with Crippen LogP contribution in [0.2, 0.25) is 0 Å². The molecule has 4 rings (SSSR count). The zero-order chi connectivity index (χ0) is 15.5. The highest BCUT2D eigenvalue weighted by Crippen LogP contribution is 2.40. The number of benzene rings is 1. The molecule has 1 saturated carbocycles. The van der Waals surface area contributed by atoms with Crippen molar-refractivity contribution < 1.29 is 0 Å². The van der Waals surface area contributed by atoms with Crippen molar-refractivity contribution in [2.45, 2.75) is 44.6 Å². The van der Waals surface area contributed by atoms with Crippen molar-refractivity contribution >= 4 is 5.69 Å². The van der Waals surface area contributed by atoms with E-state index in [1.807, 2.05) is 0 Å². The van der Waals surface area contributed by atoms with Gasteiger partial charge < -0.3 is 10.2 Å². The average molecular weight is 313 g/mol. The van der Waals surface area contributed by atoms with Gasteiger partial charge in [0.2, 0.25) is 0 Å². The Balaban J connectivity index is 1.54. The van der Waals surface area contributed by atoms with E-state index in [0.29, 0.717) is 6.04 Å². The monoisotopic (exact) mass is 313 g/mol. The molecule has 1 atom stereocenters. The van der Waals surface area contributed by atoms with Gasteiger partial charge in [0.25, 0.3) is 0 Å². The fourth-order valence-corrected chi connectivity index (χ4v) is 4.87. The number of anilines is 1. The van der Waals surface area contributed by atoms with Gasteiger partial charge in [0, 0.05) is 51.0 Å². The summed E-state index contributed by atoms with van der Waals surface area (Å²) in [5.41, 5.74) is 2.98. The quantitative estimate of drug-likeness (QED) is 0.919. The summed E-state index contributed by atoms with van der Waals surface area (Å²) >= 11 is 0. The lowest BCUT2D eigenvalue weighted by Gasteiger charge is -2.39. The molecule has 1 aromatic carbocycles. The highest BCUT2D eigenvalue weighted by atomic mass is 15.2. The zero-order valence-corrected chi connectivity index (χ0v) is 14.3. The molecule has 0 radical (unpaired) electrons. The molecule has 1 N–H and O–H groups in total. The fraction of sp³-hybridized carbons (Fsp3) is 0.700. The van der Waals surface area contributed by atoms with Crippen molar-refractivity contribution in [3.8, 4) is 0 Å². The Morgan fingerprint density at radius 2 is 1.48 bits per heavy atom. The lowest BCUT2D eigenvalue weighted by Crippen LogP contribution is -2.46. The van der Waals surface area contributed by atoms with Crippen LogP contribution in [-0.4, -0.2) is 44.2 Å². The third-order valence-electron chi connectivity index (χ3n) is 6.10. The van der Waals surface area contributed by atoms with E-state index in [9.17, 15) is 0 Å². The second kappa shape index (κ2) is 7.23. The van der Waals surface area contributed by atoms with Gasteiger partial charge in [0.1, 0.15) is 0 Å². The first-order valence-corrected chi connectivity index (χ1v) is 9.71. The van der Waals surface area contributed by atoms with Gasteiger partial charge >= 0.3 is 0 Å². The summed E-state index contributed by atoms with van der Waals surface area (Å²) in [6.45, 7) is 7.18. The molecule has 126 valence electrons. The van der Waals surface area contributed by atoms with Gasteiger partial charge in [-0.2, -0.15) is 0 Å². The number of nitrogens with zero attached hydrogens (tertiary/aromatic N) is 2. The SMILES string of the molecule is c1cc(N2CCCC2)ccc1[C@H](C1CCCC1)N1CCNCC1. The second-order valence-electron chi connectivity index (χ2n) is 7.56. The lowest BCUT2D eigenvalue weighted by atomic mass is 9.89. The molecule has 3 fully saturated rings. The van der Waals surface area contributed by atoms with Gasteiger partial charge in [-0.1, -0.05) is 25.0 Å². The Kier molecular flexibility index (Phi) is 4.86. The molecule has 0 spiro atoms. The maximum absolute atomic E-state index is 3.51. The van der Waals surface area contributed by atoms with E-state index in [2.05, 4.69) is 39.4 Å². The van der Waals surface area contributed by atoms with Crippen molar-refractivity contribution in [3.63, 3.8) is 0 Å². The first-order valence-electron chi connectivity index (χ1n) is 9.71. The molecular formula is C20H31N3. The van der Waals surface area contributed by atoms with Gasteiger partial charge in [-0.25, -0.2) is 0 Å². The average Bonchev–Trinajstić information content (AvgIpc) is 3.31. The molecule has 3 aliphatic rings. The van der Waals surface area contributed by atoms with Crippen molar-refractivity contribution in [2.24, 2.45) is 5.92 Å². The Bertz CT molecular complexity index is 480. The van der Waals surface area contributed by atoms with Crippen molar-refractivity contribution in [2.75, 3.05) is 44.2 Å². The number of hydrogen-bond acceptors (Lipinski definition) is 3. The second-order valence-corrected chi connectivity index (χ2v) is 7.56. The summed E-state index contributed by atoms with van der Waals surface area (Å²) in [7, 11) is 0. The normalized spacial score (nSPS) is 25.1. The molecular weight excluding hydrogens is 282 g/mol. The highest BCUT2D eigenvalue weighted by Gasteiger charge is 2.31. The summed E-state index contributed by atoms with van der Waals surface area (Å²) in [5, 5.41) is 3.51. The van der Waals surface area contributed by atoms with Gasteiger partial charge in [0.05, 0.1) is 0 Å². The van der Waals surface area contributed by atoms with Gasteiger partial charge in [-0.3, -0.25) is 4.90 Å². The van der Waals surface area contributed by atoms with Crippen LogP contribution in [0, 0.1) is 5.92 Å². The van der Waals surface area contributed by atoms with E-state index >= 15 is 0 Å². The molecule has 2 heterocycles. The summed E-state index contributed by atoms with van der Waals surface area (Å²) in [5.74, 6) is 0.866.